The summed E-state index contributed by atoms with van der Waals surface area (Å²) in [5.41, 5.74) is 5.61. The molecule has 0 saturated carbocycles. The van der Waals surface area contributed by atoms with E-state index < -0.39 is 0 Å². The van der Waals surface area contributed by atoms with E-state index in [0.717, 1.165) is 26.2 Å². The third-order valence-corrected chi connectivity index (χ3v) is 3.30. The Hall–Kier alpha value is -0.810. The Morgan fingerprint density at radius 1 is 1.38 bits per heavy atom. The quantitative estimate of drug-likeness (QED) is 0.504. The van der Waals surface area contributed by atoms with Gasteiger partial charge in [0.1, 0.15) is 0 Å². The van der Waals surface area contributed by atoms with Crippen molar-refractivity contribution in [2.75, 3.05) is 46.3 Å². The lowest BCUT2D eigenvalue weighted by Crippen LogP contribution is -2.52. The van der Waals surface area contributed by atoms with E-state index in [9.17, 15) is 0 Å². The van der Waals surface area contributed by atoms with Crippen molar-refractivity contribution >= 4 is 5.96 Å². The van der Waals surface area contributed by atoms with Gasteiger partial charge in [-0.05, 0) is 13.5 Å². The normalized spacial score (nSPS) is 22.1. The second kappa shape index (κ2) is 6.70. The van der Waals surface area contributed by atoms with Crippen molar-refractivity contribution in [3.63, 3.8) is 0 Å². The van der Waals surface area contributed by atoms with Crippen LogP contribution in [0.2, 0.25) is 0 Å². The van der Waals surface area contributed by atoms with Gasteiger partial charge in [-0.1, -0.05) is 6.92 Å². The van der Waals surface area contributed by atoms with Crippen molar-refractivity contribution in [2.45, 2.75) is 19.9 Å². The summed E-state index contributed by atoms with van der Waals surface area (Å²) < 4.78 is 0. The lowest BCUT2D eigenvalue weighted by molar-refractivity contribution is 0.107. The van der Waals surface area contributed by atoms with Crippen molar-refractivity contribution in [2.24, 2.45) is 10.7 Å². The number of rotatable bonds is 4. The predicted octanol–water partition coefficient (Wildman–Crippen LogP) is -0.453. The lowest BCUT2D eigenvalue weighted by atomic mass is 10.2. The van der Waals surface area contributed by atoms with Crippen LogP contribution >= 0.6 is 0 Å². The van der Waals surface area contributed by atoms with Crippen molar-refractivity contribution in [3.05, 3.63) is 0 Å². The highest BCUT2D eigenvalue weighted by Crippen LogP contribution is 2.05. The number of piperazine rings is 1. The molecule has 0 bridgehead atoms. The van der Waals surface area contributed by atoms with E-state index in [0.29, 0.717) is 12.0 Å². The molecule has 5 nitrogen and oxygen atoms in total. The summed E-state index contributed by atoms with van der Waals surface area (Å²) in [4.78, 5) is 8.87. The molecular weight excluding hydrogens is 202 g/mol. The first-order valence-electron chi connectivity index (χ1n) is 6.10. The molecule has 1 heterocycles. The summed E-state index contributed by atoms with van der Waals surface area (Å²) in [6, 6.07) is 0.513. The van der Waals surface area contributed by atoms with E-state index in [-0.39, 0.29) is 0 Å². The molecule has 1 rings (SSSR count). The van der Waals surface area contributed by atoms with E-state index in [4.69, 9.17) is 5.73 Å². The zero-order valence-corrected chi connectivity index (χ0v) is 10.7. The third-order valence-electron chi connectivity index (χ3n) is 3.30. The summed E-state index contributed by atoms with van der Waals surface area (Å²) in [6.45, 7) is 11.2. The largest absolute Gasteiger partial charge is 0.370 e. The average Bonchev–Trinajstić information content (AvgIpc) is 2.35. The molecule has 1 saturated heterocycles. The van der Waals surface area contributed by atoms with Crippen LogP contribution in [0.5, 0.6) is 0 Å². The molecule has 0 aromatic carbocycles. The van der Waals surface area contributed by atoms with Crippen LogP contribution in [-0.4, -0.2) is 68.1 Å². The van der Waals surface area contributed by atoms with Crippen LogP contribution in [0.1, 0.15) is 13.8 Å². The first kappa shape index (κ1) is 13.3. The fraction of sp³-hybridized carbons (Fsp3) is 0.909. The number of nitrogens with zero attached hydrogens (tertiary/aromatic N) is 3. The highest BCUT2D eigenvalue weighted by molar-refractivity contribution is 5.77. The van der Waals surface area contributed by atoms with Gasteiger partial charge in [0.2, 0.25) is 0 Å². The number of nitrogens with one attached hydrogen (secondary N) is 1. The van der Waals surface area contributed by atoms with Crippen molar-refractivity contribution in [3.8, 4) is 0 Å². The Morgan fingerprint density at radius 3 is 2.50 bits per heavy atom. The maximum absolute atomic E-state index is 5.61. The summed E-state index contributed by atoms with van der Waals surface area (Å²) in [5, 5.41) is 3.13. The topological polar surface area (TPSA) is 56.9 Å². The van der Waals surface area contributed by atoms with Crippen LogP contribution in [0.25, 0.3) is 0 Å². The van der Waals surface area contributed by atoms with E-state index in [1.165, 1.54) is 13.1 Å². The van der Waals surface area contributed by atoms with Crippen molar-refractivity contribution < 1.29 is 0 Å². The number of nitrogens with two attached hydrogens (primary N) is 1. The number of hydrogen-bond acceptors (Lipinski definition) is 3. The Kier molecular flexibility index (Phi) is 5.55. The number of guanidine groups is 1. The summed E-state index contributed by atoms with van der Waals surface area (Å²) >= 11 is 0. The van der Waals surface area contributed by atoms with Crippen molar-refractivity contribution in [1.29, 1.82) is 0 Å². The molecule has 1 aliphatic rings. The molecule has 0 aliphatic carbocycles. The third kappa shape index (κ3) is 3.98. The SMILES string of the molecule is CCN1CCN([C@H](C)CNC(N)=NC)CC1. The highest BCUT2D eigenvalue weighted by atomic mass is 15.3. The van der Waals surface area contributed by atoms with Gasteiger partial charge in [-0.3, -0.25) is 9.89 Å². The standard InChI is InChI=1S/C11H25N5/c1-4-15-5-7-16(8-6-15)10(2)9-14-11(12)13-3/h10H,4-9H2,1-3H3,(H3,12,13,14)/t10-/m1/s1. The molecular formula is C11H25N5. The second-order valence-corrected chi connectivity index (χ2v) is 4.31. The van der Waals surface area contributed by atoms with E-state index in [1.54, 1.807) is 7.05 Å². The minimum atomic E-state index is 0.513. The second-order valence-electron chi connectivity index (χ2n) is 4.31. The minimum Gasteiger partial charge on any atom is -0.370 e. The van der Waals surface area contributed by atoms with Gasteiger partial charge in [0.15, 0.2) is 5.96 Å². The maximum Gasteiger partial charge on any atom is 0.188 e. The molecule has 16 heavy (non-hydrogen) atoms. The van der Waals surface area contributed by atoms with Gasteiger partial charge >= 0.3 is 0 Å². The molecule has 0 aromatic rings. The molecule has 1 fully saturated rings. The van der Waals surface area contributed by atoms with Crippen molar-refractivity contribution in [1.82, 2.24) is 15.1 Å². The summed E-state index contributed by atoms with van der Waals surface area (Å²) in [7, 11) is 1.70. The van der Waals surface area contributed by atoms with Crippen LogP contribution in [0.4, 0.5) is 0 Å². The van der Waals surface area contributed by atoms with Crippen LogP contribution < -0.4 is 11.1 Å². The van der Waals surface area contributed by atoms with Crippen LogP contribution in [0.15, 0.2) is 4.99 Å². The van der Waals surface area contributed by atoms with Gasteiger partial charge in [0.05, 0.1) is 0 Å². The molecule has 1 aliphatic heterocycles. The average molecular weight is 227 g/mol. The molecule has 0 aromatic heterocycles. The van der Waals surface area contributed by atoms with E-state index >= 15 is 0 Å². The zero-order valence-electron chi connectivity index (χ0n) is 10.7. The van der Waals surface area contributed by atoms with E-state index in [2.05, 4.69) is 34.0 Å². The van der Waals surface area contributed by atoms with Crippen LogP contribution in [-0.2, 0) is 0 Å². The predicted molar refractivity (Wildman–Crippen MR) is 68.7 cm³/mol. The Balaban J connectivity index is 2.25. The Bertz CT molecular complexity index is 220. The van der Waals surface area contributed by atoms with Gasteiger partial charge in [0, 0.05) is 45.8 Å². The Morgan fingerprint density at radius 2 is 2.00 bits per heavy atom. The maximum atomic E-state index is 5.61. The van der Waals surface area contributed by atoms with Gasteiger partial charge in [-0.15, -0.1) is 0 Å². The minimum absolute atomic E-state index is 0.513. The fourth-order valence-electron chi connectivity index (χ4n) is 1.98. The highest BCUT2D eigenvalue weighted by Gasteiger charge is 2.19. The molecule has 5 heteroatoms. The van der Waals surface area contributed by atoms with Gasteiger partial charge < -0.3 is 16.0 Å². The molecule has 3 N–H and O–H groups in total. The molecule has 1 atom stereocenters. The fourth-order valence-corrected chi connectivity index (χ4v) is 1.98. The van der Waals surface area contributed by atoms with Gasteiger partial charge in [-0.25, -0.2) is 0 Å². The molecule has 0 radical (unpaired) electrons. The van der Waals surface area contributed by atoms with Crippen LogP contribution in [0, 0.1) is 0 Å². The first-order chi connectivity index (χ1) is 7.67. The Labute approximate surface area is 98.7 Å². The van der Waals surface area contributed by atoms with Gasteiger partial charge in [-0.2, -0.15) is 0 Å². The lowest BCUT2D eigenvalue weighted by Gasteiger charge is -2.37. The first-order valence-corrected chi connectivity index (χ1v) is 6.10. The molecule has 0 unspecified atom stereocenters. The number of likely N-dealkylation sites (N-methyl/N-ethyl adjacent to an activating group) is 1. The summed E-state index contributed by atoms with van der Waals surface area (Å²) in [6.07, 6.45) is 0. The van der Waals surface area contributed by atoms with Gasteiger partial charge in [0.25, 0.3) is 0 Å². The number of hydrogen-bond donors (Lipinski definition) is 2. The van der Waals surface area contributed by atoms with E-state index in [1.807, 2.05) is 0 Å². The monoisotopic (exact) mass is 227 g/mol. The summed E-state index contributed by atoms with van der Waals surface area (Å²) in [5.74, 6) is 0.527. The zero-order chi connectivity index (χ0) is 12.0. The molecule has 0 spiro atoms. The van der Waals surface area contributed by atoms with Crippen LogP contribution in [0.3, 0.4) is 0 Å². The smallest absolute Gasteiger partial charge is 0.188 e. The number of aliphatic imine (C=N–C) groups is 1. The molecule has 0 amide bonds. The molecule has 94 valence electrons.